The van der Waals surface area contributed by atoms with E-state index in [0.29, 0.717) is 40.5 Å². The van der Waals surface area contributed by atoms with Gasteiger partial charge in [-0.05, 0) is 118 Å². The molecule has 9 rings (SSSR count). The van der Waals surface area contributed by atoms with E-state index in [1.807, 2.05) is 23.0 Å². The number of benzene rings is 2. The van der Waals surface area contributed by atoms with Gasteiger partial charge in [-0.25, -0.2) is 9.78 Å². The van der Waals surface area contributed by atoms with Crippen molar-refractivity contribution in [2.24, 2.45) is 29.4 Å². The van der Waals surface area contributed by atoms with Crippen molar-refractivity contribution < 1.29 is 37.0 Å². The number of alkyl halides is 3. The second-order valence-corrected chi connectivity index (χ2v) is 17.6. The van der Waals surface area contributed by atoms with E-state index in [2.05, 4.69) is 26.6 Å². The Bertz CT molecular complexity index is 2640. The molecule has 2 saturated carbocycles. The summed E-state index contributed by atoms with van der Waals surface area (Å²) in [4.78, 5) is 56.8. The quantitative estimate of drug-likeness (QED) is 0.178. The number of hydrogen-bond acceptors (Lipinski definition) is 8. The van der Waals surface area contributed by atoms with Crippen molar-refractivity contribution in [2.45, 2.75) is 89.3 Å². The maximum absolute atomic E-state index is 13.4. The van der Waals surface area contributed by atoms with Crippen LogP contribution in [0.2, 0.25) is 0 Å². The molecular formula is C45H50F3N8O5+. The Balaban J connectivity index is 0.755. The van der Waals surface area contributed by atoms with Gasteiger partial charge in [-0.1, -0.05) is 22.9 Å². The second kappa shape index (κ2) is 16.0. The highest BCUT2D eigenvalue weighted by atomic mass is 19.4. The number of aromatic nitrogens is 3. The number of amides is 3. The summed E-state index contributed by atoms with van der Waals surface area (Å²) in [5.74, 6) is 0.138. The van der Waals surface area contributed by atoms with Crippen LogP contribution in [0.25, 0.3) is 17.2 Å². The fourth-order valence-electron chi connectivity index (χ4n) is 10.5. The Morgan fingerprint density at radius 3 is 2.48 bits per heavy atom. The maximum atomic E-state index is 13.4. The SMILES string of the molecule is COc1cc2c(cc1NC(=O)c1cccc(C(F)(F)F)n1)=C[N+](=C1CCC(CN3CCC4(CC3)CC(CCc3cccc5c3n(C)c(=O)n5C3CCC(=O)NC3=O)C4)CC1)N=2. The molecule has 2 N–H and O–H groups in total. The van der Waals surface area contributed by atoms with Crippen LogP contribution >= 0.6 is 0 Å². The lowest BCUT2D eigenvalue weighted by atomic mass is 9.56. The molecule has 0 bridgehead atoms. The van der Waals surface area contributed by atoms with Gasteiger partial charge in [0.1, 0.15) is 28.5 Å². The number of piperidine rings is 2. The van der Waals surface area contributed by atoms with Crippen LogP contribution < -0.4 is 31.6 Å². The maximum Gasteiger partial charge on any atom is 0.433 e. The van der Waals surface area contributed by atoms with Crippen molar-refractivity contribution in [3.8, 4) is 5.75 Å². The van der Waals surface area contributed by atoms with E-state index in [9.17, 15) is 32.3 Å². The van der Waals surface area contributed by atoms with Crippen LogP contribution in [0.4, 0.5) is 18.9 Å². The van der Waals surface area contributed by atoms with Crippen molar-refractivity contribution in [1.82, 2.24) is 24.3 Å². The molecule has 61 heavy (non-hydrogen) atoms. The number of halogens is 3. The molecule has 16 heteroatoms. The van der Waals surface area contributed by atoms with E-state index in [1.54, 1.807) is 28.3 Å². The van der Waals surface area contributed by atoms with Gasteiger partial charge in [0.15, 0.2) is 5.71 Å². The van der Waals surface area contributed by atoms with Gasteiger partial charge in [0, 0.05) is 44.0 Å². The van der Waals surface area contributed by atoms with Gasteiger partial charge in [0.2, 0.25) is 18.0 Å². The summed E-state index contributed by atoms with van der Waals surface area (Å²) in [6, 6.07) is 11.9. The van der Waals surface area contributed by atoms with Crippen LogP contribution in [0.3, 0.4) is 0 Å². The highest BCUT2D eigenvalue weighted by Gasteiger charge is 2.45. The molecule has 2 aliphatic carbocycles. The van der Waals surface area contributed by atoms with Gasteiger partial charge in [-0.2, -0.15) is 13.2 Å². The molecule has 5 aliphatic rings. The Labute approximate surface area is 350 Å². The lowest BCUT2D eigenvalue weighted by molar-refractivity contribution is -0.430. The number of carbonyl (C=O) groups is 3. The Morgan fingerprint density at radius 2 is 1.75 bits per heavy atom. The summed E-state index contributed by atoms with van der Waals surface area (Å²) in [6.45, 7) is 3.37. The number of fused-ring (bicyclic) bond motifs is 2. The minimum atomic E-state index is -4.66. The number of aryl methyl sites for hydroxylation is 2. The summed E-state index contributed by atoms with van der Waals surface area (Å²) >= 11 is 0. The highest BCUT2D eigenvalue weighted by molar-refractivity contribution is 6.03. The average molecular weight is 840 g/mol. The number of pyridine rings is 1. The third-order valence-corrected chi connectivity index (χ3v) is 13.8. The smallest absolute Gasteiger partial charge is 0.433 e. The van der Waals surface area contributed by atoms with Gasteiger partial charge >= 0.3 is 11.9 Å². The van der Waals surface area contributed by atoms with E-state index < -0.39 is 29.7 Å². The number of nitrogens with one attached hydrogen (secondary N) is 2. The zero-order chi connectivity index (χ0) is 42.6. The number of hydrogen-bond donors (Lipinski definition) is 2. The third kappa shape index (κ3) is 8.02. The molecule has 1 atom stereocenters. The predicted molar refractivity (Wildman–Crippen MR) is 220 cm³/mol. The lowest BCUT2D eigenvalue weighted by Crippen LogP contribution is -2.48. The highest BCUT2D eigenvalue weighted by Crippen LogP contribution is 2.54. The zero-order valence-electron chi connectivity index (χ0n) is 34.4. The van der Waals surface area contributed by atoms with Gasteiger partial charge in [-0.3, -0.25) is 28.8 Å². The van der Waals surface area contributed by atoms with E-state index in [-0.39, 0.29) is 23.7 Å². The molecule has 2 aromatic heterocycles. The summed E-state index contributed by atoms with van der Waals surface area (Å²) in [5.41, 5.74) is 3.02. The van der Waals surface area contributed by atoms with Gasteiger partial charge in [0.05, 0.1) is 29.0 Å². The number of methoxy groups -OCH3 is 1. The van der Waals surface area contributed by atoms with Crippen LogP contribution in [0, 0.1) is 17.3 Å². The lowest BCUT2D eigenvalue weighted by Gasteiger charge is -2.53. The van der Waals surface area contributed by atoms with Crippen LogP contribution in [-0.4, -0.2) is 73.9 Å². The molecule has 4 aromatic rings. The second-order valence-electron chi connectivity index (χ2n) is 17.6. The number of ether oxygens (including phenoxy) is 1. The molecule has 1 unspecified atom stereocenters. The zero-order valence-corrected chi connectivity index (χ0v) is 34.4. The van der Waals surface area contributed by atoms with Gasteiger partial charge < -0.3 is 15.0 Å². The summed E-state index contributed by atoms with van der Waals surface area (Å²) in [6.07, 6.45) is 8.76. The minimum Gasteiger partial charge on any atom is -0.494 e. The van der Waals surface area contributed by atoms with Crippen molar-refractivity contribution in [1.29, 1.82) is 0 Å². The molecule has 4 fully saturated rings. The first-order valence-electron chi connectivity index (χ1n) is 21.3. The van der Waals surface area contributed by atoms with Crippen LogP contribution in [0.1, 0.15) is 98.4 Å². The van der Waals surface area contributed by atoms with Crippen LogP contribution in [0.5, 0.6) is 5.75 Å². The van der Waals surface area contributed by atoms with E-state index in [0.717, 1.165) is 92.1 Å². The number of nitrogens with zero attached hydrogens (tertiary/aromatic N) is 6. The molecule has 2 saturated heterocycles. The average Bonchev–Trinajstić information content (AvgIpc) is 3.76. The largest absolute Gasteiger partial charge is 0.494 e. The normalized spacial score (nSPS) is 21.8. The molecule has 3 aliphatic heterocycles. The third-order valence-electron chi connectivity index (χ3n) is 13.8. The fourth-order valence-corrected chi connectivity index (χ4v) is 10.5. The molecule has 320 valence electrons. The first-order valence-corrected chi connectivity index (χ1v) is 21.3. The molecule has 0 radical (unpaired) electrons. The van der Waals surface area contributed by atoms with Crippen molar-refractivity contribution in [3.63, 3.8) is 0 Å². The standard InChI is InChI=1S/C45H49F3N8O5/c1-53-40-29(5-3-7-35(40)56(43(53)60)36-15-16-39(57)51-42(36)59)12-9-28-23-44(24-28)17-19-54(20-18-44)25-27-10-13-31(14-11-27)55-26-30-21-34(37(61-2)22-33(30)52-55)50-41(58)32-6-4-8-38(49-32)45(46,47)48/h3-8,21-22,26-28,36H,9-20,23-25H2,1-2H3,(H-,50,51,57,58,59)/p+1. The number of imidazole rings is 1. The van der Waals surface area contributed by atoms with Crippen molar-refractivity contribution >= 4 is 46.4 Å². The van der Waals surface area contributed by atoms with E-state index >= 15 is 0 Å². The molecule has 1 spiro atoms. The molecule has 3 amide bonds. The minimum absolute atomic E-state index is 0.221. The predicted octanol–water partition coefficient (Wildman–Crippen LogP) is 5.05. The Morgan fingerprint density at radius 1 is 1.00 bits per heavy atom. The first-order chi connectivity index (χ1) is 29.3. The number of para-hydroxylation sites is 1. The summed E-state index contributed by atoms with van der Waals surface area (Å²) in [7, 11) is 3.23. The number of rotatable bonds is 9. The van der Waals surface area contributed by atoms with Crippen LogP contribution in [0.15, 0.2) is 58.4 Å². The first kappa shape index (κ1) is 40.7. The molecule has 2 aromatic carbocycles. The number of anilines is 1. The van der Waals surface area contributed by atoms with Crippen molar-refractivity contribution in [2.75, 3.05) is 32.1 Å². The number of carbonyl (C=O) groups excluding carboxylic acids is 3. The van der Waals surface area contributed by atoms with Gasteiger partial charge in [-0.15, -0.1) is 0 Å². The molecule has 5 heterocycles. The number of likely N-dealkylation sites (tertiary alicyclic amines) is 1. The topological polar surface area (TPSA) is 143 Å². The van der Waals surface area contributed by atoms with E-state index in [4.69, 9.17) is 9.84 Å². The summed E-state index contributed by atoms with van der Waals surface area (Å²) < 4.78 is 50.2. The Hall–Kier alpha value is -5.64. The molecule has 13 nitrogen and oxygen atoms in total. The van der Waals surface area contributed by atoms with Crippen LogP contribution in [-0.2, 0) is 29.2 Å². The van der Waals surface area contributed by atoms with E-state index in [1.165, 1.54) is 44.6 Å². The van der Waals surface area contributed by atoms with Crippen molar-refractivity contribution in [3.05, 3.63) is 86.5 Å². The fraction of sp³-hybridized carbons (Fsp3) is 0.489. The molecular weight excluding hydrogens is 790 g/mol. The summed E-state index contributed by atoms with van der Waals surface area (Å²) in [5, 5.41) is 11.3. The van der Waals surface area contributed by atoms with Gasteiger partial charge in [0.25, 0.3) is 5.91 Å². The monoisotopic (exact) mass is 839 g/mol. The number of imide groups is 1. The Kier molecular flexibility index (Phi) is 10.7.